The number of para-hydroxylation sites is 1. The van der Waals surface area contributed by atoms with Crippen molar-refractivity contribution in [2.45, 2.75) is 19.0 Å². The number of nitrogens with zero attached hydrogens (tertiary/aromatic N) is 5. The second-order valence-electron chi connectivity index (χ2n) is 5.99. The lowest BCUT2D eigenvalue weighted by molar-refractivity contribution is -0.144. The summed E-state index contributed by atoms with van der Waals surface area (Å²) in [5.41, 5.74) is 6.73. The molecule has 3 rings (SSSR count). The Morgan fingerprint density at radius 3 is 2.70 bits per heavy atom. The minimum absolute atomic E-state index is 0.137. The van der Waals surface area contributed by atoms with Crippen molar-refractivity contribution in [3.05, 3.63) is 41.3 Å². The summed E-state index contributed by atoms with van der Waals surface area (Å²) in [6.45, 7) is 0.419. The molecular formula is C17H16F3N7. The topological polar surface area (TPSA) is 108 Å². The van der Waals surface area contributed by atoms with Crippen LogP contribution in [0, 0.1) is 11.3 Å². The number of aromatic amines is 1. The van der Waals surface area contributed by atoms with Crippen LogP contribution in [0.4, 0.5) is 24.8 Å². The molecule has 0 aliphatic rings. The van der Waals surface area contributed by atoms with Gasteiger partial charge in [-0.15, -0.1) is 0 Å². The van der Waals surface area contributed by atoms with Crippen molar-refractivity contribution in [3.63, 3.8) is 0 Å². The smallest absolute Gasteiger partial charge is 0.381 e. The van der Waals surface area contributed by atoms with Gasteiger partial charge in [0.1, 0.15) is 17.5 Å². The molecule has 0 fully saturated rings. The molecule has 0 saturated heterocycles. The second-order valence-corrected chi connectivity index (χ2v) is 5.99. The van der Waals surface area contributed by atoms with Crippen molar-refractivity contribution in [2.24, 2.45) is 0 Å². The number of H-pyrrole nitrogens is 1. The fraction of sp³-hybridized carbons (Fsp3) is 0.294. The van der Waals surface area contributed by atoms with Gasteiger partial charge in [-0.2, -0.15) is 23.5 Å². The van der Waals surface area contributed by atoms with Crippen LogP contribution in [0.2, 0.25) is 0 Å². The van der Waals surface area contributed by atoms with Gasteiger partial charge in [0.2, 0.25) is 5.82 Å². The number of fused-ring (bicyclic) bond motifs is 1. The Labute approximate surface area is 152 Å². The molecule has 2 heterocycles. The van der Waals surface area contributed by atoms with Gasteiger partial charge in [0, 0.05) is 19.0 Å². The van der Waals surface area contributed by atoms with E-state index in [-0.39, 0.29) is 17.2 Å². The highest BCUT2D eigenvalue weighted by molar-refractivity contribution is 5.89. The van der Waals surface area contributed by atoms with Crippen molar-refractivity contribution in [2.75, 3.05) is 24.2 Å². The third kappa shape index (κ3) is 3.76. The van der Waals surface area contributed by atoms with Crippen LogP contribution in [-0.2, 0) is 12.6 Å². The maximum atomic E-state index is 13.1. The summed E-state index contributed by atoms with van der Waals surface area (Å²) in [7, 11) is 1.67. The van der Waals surface area contributed by atoms with E-state index in [1.807, 2.05) is 6.07 Å². The Kier molecular flexibility index (Phi) is 4.85. The first-order chi connectivity index (χ1) is 12.8. The highest BCUT2D eigenvalue weighted by atomic mass is 19.4. The Morgan fingerprint density at radius 2 is 2.00 bits per heavy atom. The Hall–Kier alpha value is -3.35. The Morgan fingerprint density at radius 1 is 1.26 bits per heavy atom. The number of nitrogen functional groups attached to an aromatic ring is 1. The lowest BCUT2D eigenvalue weighted by Crippen LogP contribution is -2.23. The molecular weight excluding hydrogens is 359 g/mol. The first kappa shape index (κ1) is 18.4. The van der Waals surface area contributed by atoms with Gasteiger partial charge in [0.15, 0.2) is 5.82 Å². The zero-order chi connectivity index (χ0) is 19.6. The number of benzene rings is 1. The van der Waals surface area contributed by atoms with E-state index in [0.29, 0.717) is 36.0 Å². The van der Waals surface area contributed by atoms with Gasteiger partial charge in [-0.25, -0.2) is 9.97 Å². The molecule has 1 aromatic carbocycles. The number of anilines is 2. The quantitative estimate of drug-likeness (QED) is 0.710. The summed E-state index contributed by atoms with van der Waals surface area (Å²) in [6, 6.07) is 8.55. The van der Waals surface area contributed by atoms with E-state index in [1.165, 1.54) is 6.07 Å². The molecule has 10 heteroatoms. The van der Waals surface area contributed by atoms with E-state index >= 15 is 0 Å². The van der Waals surface area contributed by atoms with Crippen LogP contribution in [0.5, 0.6) is 0 Å². The summed E-state index contributed by atoms with van der Waals surface area (Å²) in [5.74, 6) is -0.828. The molecule has 7 nitrogen and oxygen atoms in total. The van der Waals surface area contributed by atoms with Crippen molar-refractivity contribution in [3.8, 4) is 6.07 Å². The van der Waals surface area contributed by atoms with Crippen molar-refractivity contribution < 1.29 is 13.2 Å². The van der Waals surface area contributed by atoms with Gasteiger partial charge < -0.3 is 10.6 Å². The zero-order valence-electron chi connectivity index (χ0n) is 14.4. The lowest BCUT2D eigenvalue weighted by Gasteiger charge is -2.21. The second kappa shape index (κ2) is 7.11. The van der Waals surface area contributed by atoms with Crippen LogP contribution in [0.15, 0.2) is 24.3 Å². The Balaban J connectivity index is 1.82. The summed E-state index contributed by atoms with van der Waals surface area (Å²) >= 11 is 0. The number of nitriles is 1. The predicted molar refractivity (Wildman–Crippen MR) is 93.8 cm³/mol. The molecule has 0 radical (unpaired) electrons. The molecule has 0 aliphatic heterocycles. The number of hydrogen-bond acceptors (Lipinski definition) is 6. The van der Waals surface area contributed by atoms with Crippen LogP contribution in [0.1, 0.15) is 23.5 Å². The highest BCUT2D eigenvalue weighted by Crippen LogP contribution is 2.31. The maximum absolute atomic E-state index is 13.1. The van der Waals surface area contributed by atoms with Gasteiger partial charge in [0.05, 0.1) is 11.2 Å². The number of aromatic nitrogens is 4. The first-order valence-electron chi connectivity index (χ1n) is 8.09. The van der Waals surface area contributed by atoms with Crippen LogP contribution in [0.3, 0.4) is 0 Å². The molecule has 0 amide bonds. The third-order valence-electron chi connectivity index (χ3n) is 4.10. The van der Waals surface area contributed by atoms with E-state index in [4.69, 9.17) is 11.0 Å². The molecule has 0 saturated carbocycles. The Bertz CT molecular complexity index is 1000. The summed E-state index contributed by atoms with van der Waals surface area (Å²) in [6.07, 6.45) is -3.59. The predicted octanol–water partition coefficient (Wildman–Crippen LogP) is 2.89. The van der Waals surface area contributed by atoms with Gasteiger partial charge >= 0.3 is 6.18 Å². The molecule has 2 aromatic heterocycles. The monoisotopic (exact) mass is 375 g/mol. The zero-order valence-corrected chi connectivity index (χ0v) is 14.4. The summed E-state index contributed by atoms with van der Waals surface area (Å²) in [5, 5.41) is 16.1. The average Bonchev–Trinajstić information content (AvgIpc) is 2.99. The number of aryl methyl sites for hydroxylation is 1. The fourth-order valence-electron chi connectivity index (χ4n) is 2.78. The van der Waals surface area contributed by atoms with Crippen LogP contribution < -0.4 is 10.6 Å². The van der Waals surface area contributed by atoms with E-state index in [2.05, 4.69) is 20.2 Å². The van der Waals surface area contributed by atoms with E-state index in [0.717, 1.165) is 0 Å². The number of rotatable bonds is 5. The molecule has 0 atom stereocenters. The van der Waals surface area contributed by atoms with E-state index in [9.17, 15) is 13.2 Å². The molecule has 3 N–H and O–H groups in total. The van der Waals surface area contributed by atoms with Crippen molar-refractivity contribution in [1.82, 2.24) is 20.2 Å². The number of nitrogens with one attached hydrogen (secondary N) is 1. The number of halogens is 3. The highest BCUT2D eigenvalue weighted by Gasteiger charge is 2.35. The maximum Gasteiger partial charge on any atom is 0.451 e. The molecule has 140 valence electrons. The van der Waals surface area contributed by atoms with Crippen molar-refractivity contribution in [1.29, 1.82) is 5.26 Å². The van der Waals surface area contributed by atoms with Crippen LogP contribution in [-0.4, -0.2) is 33.8 Å². The molecule has 0 unspecified atom stereocenters. The normalized spacial score (nSPS) is 11.5. The van der Waals surface area contributed by atoms with Crippen LogP contribution in [0.25, 0.3) is 10.9 Å². The van der Waals surface area contributed by atoms with Crippen molar-refractivity contribution >= 4 is 22.5 Å². The van der Waals surface area contributed by atoms with E-state index < -0.39 is 12.0 Å². The SMILES string of the molecule is CN(CCCc1[nH]nc(N)c1C#N)c1nc(C(F)(F)F)nc2ccccc12. The largest absolute Gasteiger partial charge is 0.451 e. The van der Waals surface area contributed by atoms with Gasteiger partial charge in [-0.3, -0.25) is 5.10 Å². The van der Waals surface area contributed by atoms with Gasteiger partial charge in [-0.05, 0) is 25.0 Å². The number of hydrogen-bond donors (Lipinski definition) is 2. The van der Waals surface area contributed by atoms with E-state index in [1.54, 1.807) is 30.1 Å². The number of alkyl halides is 3. The third-order valence-corrected chi connectivity index (χ3v) is 4.10. The first-order valence-corrected chi connectivity index (χ1v) is 8.09. The molecule has 0 spiro atoms. The molecule has 3 aromatic rings. The minimum atomic E-state index is -4.63. The average molecular weight is 375 g/mol. The van der Waals surface area contributed by atoms with Crippen LogP contribution >= 0.6 is 0 Å². The van der Waals surface area contributed by atoms with Gasteiger partial charge in [-0.1, -0.05) is 12.1 Å². The fourth-order valence-corrected chi connectivity index (χ4v) is 2.78. The summed E-state index contributed by atoms with van der Waals surface area (Å²) < 4.78 is 39.4. The minimum Gasteiger partial charge on any atom is -0.381 e. The standard InChI is InChI=1S/C17H16F3N7/c1-27(8-4-7-13-11(9-21)14(22)26-25-13)15-10-5-2-3-6-12(10)23-16(24-15)17(18,19)20/h2-3,5-6H,4,7-8H2,1H3,(H3,22,25,26). The lowest BCUT2D eigenvalue weighted by atomic mass is 10.1. The van der Waals surface area contributed by atoms with Gasteiger partial charge in [0.25, 0.3) is 0 Å². The summed E-state index contributed by atoms with van der Waals surface area (Å²) in [4.78, 5) is 8.99. The molecule has 0 bridgehead atoms. The molecule has 0 aliphatic carbocycles. The molecule has 27 heavy (non-hydrogen) atoms. The number of nitrogens with two attached hydrogens (primary N) is 1.